The van der Waals surface area contributed by atoms with Crippen LogP contribution in [0.25, 0.3) is 28.6 Å². The lowest BCUT2D eigenvalue weighted by atomic mass is 9.98. The highest BCUT2D eigenvalue weighted by Crippen LogP contribution is 2.34. The van der Waals surface area contributed by atoms with Gasteiger partial charge >= 0.3 is 0 Å². The molecule has 164 valence electrons. The van der Waals surface area contributed by atoms with Crippen LogP contribution in [0, 0.1) is 5.82 Å². The molecule has 3 heterocycles. The number of allylic oxidation sites excluding steroid dienone is 1. The molecule has 1 aliphatic heterocycles. The van der Waals surface area contributed by atoms with Crippen molar-refractivity contribution in [1.29, 1.82) is 0 Å². The molecule has 2 atom stereocenters. The van der Waals surface area contributed by atoms with Gasteiger partial charge < -0.3 is 9.80 Å². The smallest absolute Gasteiger partial charge is 0.186 e. The Balaban J connectivity index is 1.63. The summed E-state index contributed by atoms with van der Waals surface area (Å²) in [6, 6.07) is 4.59. The van der Waals surface area contributed by atoms with Gasteiger partial charge in [0.05, 0.1) is 10.6 Å². The fraction of sp³-hybridized carbons (Fsp3) is 0.417. The first kappa shape index (κ1) is 21.7. The number of piperidine rings is 1. The van der Waals surface area contributed by atoms with E-state index >= 15 is 0 Å². The van der Waals surface area contributed by atoms with Crippen LogP contribution in [0.2, 0.25) is 0 Å². The zero-order valence-corrected chi connectivity index (χ0v) is 19.7. The number of benzene rings is 1. The molecule has 1 aromatic carbocycles. The van der Waals surface area contributed by atoms with Crippen molar-refractivity contribution >= 4 is 45.1 Å². The standard InChI is InChI=1S/C24H30FN5S/c1-7-21-22(31-24(26-21)30(6)19-8-9-28(4)16(3)11-19)10-15(2)17-12-18-14-29(5)27-23(18)20(25)13-17/h7,10,12-14,16,19H,1,8-9,11H2,2-6H3/b15-10+. The molecule has 0 saturated carbocycles. The molecule has 5 nitrogen and oxygen atoms in total. The molecule has 1 saturated heterocycles. The van der Waals surface area contributed by atoms with Gasteiger partial charge in [-0.15, -0.1) is 0 Å². The van der Waals surface area contributed by atoms with E-state index < -0.39 is 0 Å². The number of fused-ring (bicyclic) bond motifs is 1. The number of hydrogen-bond acceptors (Lipinski definition) is 5. The van der Waals surface area contributed by atoms with Crippen molar-refractivity contribution in [2.75, 3.05) is 25.5 Å². The summed E-state index contributed by atoms with van der Waals surface area (Å²) in [6.45, 7) is 9.35. The monoisotopic (exact) mass is 439 g/mol. The van der Waals surface area contributed by atoms with E-state index in [2.05, 4.69) is 48.6 Å². The minimum Gasteiger partial charge on any atom is -0.348 e. The van der Waals surface area contributed by atoms with Gasteiger partial charge in [0.1, 0.15) is 5.52 Å². The summed E-state index contributed by atoms with van der Waals surface area (Å²) in [5.41, 5.74) is 3.11. The number of likely N-dealkylation sites (tertiary alicyclic amines) is 1. The van der Waals surface area contributed by atoms with E-state index in [-0.39, 0.29) is 5.82 Å². The number of hydrogen-bond donors (Lipinski definition) is 0. The van der Waals surface area contributed by atoms with E-state index in [1.807, 2.05) is 19.2 Å². The number of nitrogens with zero attached hydrogens (tertiary/aromatic N) is 5. The predicted octanol–water partition coefficient (Wildman–Crippen LogP) is 5.29. The highest BCUT2D eigenvalue weighted by atomic mass is 32.1. The van der Waals surface area contributed by atoms with Crippen LogP contribution in [0.4, 0.5) is 9.52 Å². The van der Waals surface area contributed by atoms with Crippen LogP contribution in [0.1, 0.15) is 42.8 Å². The van der Waals surface area contributed by atoms with E-state index in [1.165, 1.54) is 0 Å². The lowest BCUT2D eigenvalue weighted by Crippen LogP contribution is -2.46. The molecule has 2 unspecified atom stereocenters. The predicted molar refractivity (Wildman–Crippen MR) is 130 cm³/mol. The summed E-state index contributed by atoms with van der Waals surface area (Å²) in [7, 11) is 6.14. The minimum absolute atomic E-state index is 0.300. The minimum atomic E-state index is -0.300. The van der Waals surface area contributed by atoms with Gasteiger partial charge in [0.2, 0.25) is 0 Å². The first-order valence-corrected chi connectivity index (χ1v) is 11.5. The topological polar surface area (TPSA) is 37.2 Å². The Bertz CT molecular complexity index is 1140. The summed E-state index contributed by atoms with van der Waals surface area (Å²) in [5.74, 6) is -0.300. The van der Waals surface area contributed by atoms with Crippen molar-refractivity contribution in [1.82, 2.24) is 19.7 Å². The molecule has 4 rings (SSSR count). The fourth-order valence-corrected chi connectivity index (χ4v) is 5.33. The third-order valence-corrected chi connectivity index (χ3v) is 7.48. The first-order valence-electron chi connectivity index (χ1n) is 10.6. The number of thiazole rings is 1. The van der Waals surface area contributed by atoms with Crippen LogP contribution >= 0.6 is 11.3 Å². The molecular weight excluding hydrogens is 409 g/mol. The molecule has 0 amide bonds. The maximum Gasteiger partial charge on any atom is 0.186 e. The van der Waals surface area contributed by atoms with Crippen molar-refractivity contribution in [3.8, 4) is 0 Å². The number of aryl methyl sites for hydroxylation is 1. The average molecular weight is 440 g/mol. The van der Waals surface area contributed by atoms with Crippen LogP contribution in [-0.2, 0) is 7.05 Å². The van der Waals surface area contributed by atoms with Crippen LogP contribution in [0.3, 0.4) is 0 Å². The van der Waals surface area contributed by atoms with Gasteiger partial charge in [0.15, 0.2) is 10.9 Å². The van der Waals surface area contributed by atoms with Gasteiger partial charge in [0.25, 0.3) is 0 Å². The first-order chi connectivity index (χ1) is 14.8. The lowest BCUT2D eigenvalue weighted by molar-refractivity contribution is 0.181. The second-order valence-corrected chi connectivity index (χ2v) is 9.60. The Hall–Kier alpha value is -2.51. The fourth-order valence-electron chi connectivity index (χ4n) is 4.22. The second-order valence-electron chi connectivity index (χ2n) is 8.59. The molecule has 0 N–H and O–H groups in total. The van der Waals surface area contributed by atoms with E-state index in [0.717, 1.165) is 51.6 Å². The van der Waals surface area contributed by atoms with Crippen LogP contribution < -0.4 is 4.90 Å². The van der Waals surface area contributed by atoms with Gasteiger partial charge in [-0.05, 0) is 69.2 Å². The summed E-state index contributed by atoms with van der Waals surface area (Å²) >= 11 is 1.67. The maximum atomic E-state index is 14.5. The summed E-state index contributed by atoms with van der Waals surface area (Å²) in [5, 5.41) is 6.00. The van der Waals surface area contributed by atoms with Gasteiger partial charge in [-0.3, -0.25) is 4.68 Å². The zero-order valence-electron chi connectivity index (χ0n) is 18.9. The third-order valence-electron chi connectivity index (χ3n) is 6.37. The quantitative estimate of drug-likeness (QED) is 0.541. The molecule has 0 bridgehead atoms. The van der Waals surface area contributed by atoms with Gasteiger partial charge in [-0.2, -0.15) is 5.10 Å². The molecule has 0 radical (unpaired) electrons. The van der Waals surface area contributed by atoms with E-state index in [1.54, 1.807) is 35.2 Å². The van der Waals surface area contributed by atoms with E-state index in [0.29, 0.717) is 17.6 Å². The number of anilines is 1. The van der Waals surface area contributed by atoms with Crippen LogP contribution in [-0.4, -0.2) is 52.4 Å². The molecule has 0 aliphatic carbocycles. The number of halogens is 1. The Labute approximate surface area is 187 Å². The molecular formula is C24H30FN5S. The van der Waals surface area contributed by atoms with Gasteiger partial charge in [-0.1, -0.05) is 17.9 Å². The van der Waals surface area contributed by atoms with Gasteiger partial charge in [0, 0.05) is 44.3 Å². The Kier molecular flexibility index (Phi) is 5.99. The van der Waals surface area contributed by atoms with Crippen molar-refractivity contribution in [3.63, 3.8) is 0 Å². The van der Waals surface area contributed by atoms with Gasteiger partial charge in [-0.25, -0.2) is 9.37 Å². The van der Waals surface area contributed by atoms with Crippen molar-refractivity contribution in [2.45, 2.75) is 38.8 Å². The largest absolute Gasteiger partial charge is 0.348 e. The summed E-state index contributed by atoms with van der Waals surface area (Å²) in [4.78, 5) is 10.6. The number of rotatable bonds is 5. The Morgan fingerprint density at radius 2 is 2.13 bits per heavy atom. The SMILES string of the molecule is C=Cc1nc(N(C)C2CCN(C)C(C)C2)sc1/C=C(\C)c1cc(F)c2nn(C)cc2c1. The maximum absolute atomic E-state index is 14.5. The van der Waals surface area contributed by atoms with Crippen molar-refractivity contribution in [3.05, 3.63) is 46.9 Å². The highest BCUT2D eigenvalue weighted by Gasteiger charge is 2.27. The molecule has 1 aliphatic rings. The summed E-state index contributed by atoms with van der Waals surface area (Å²) in [6.07, 6.45) is 7.99. The normalized spacial score (nSPS) is 20.4. The third kappa shape index (κ3) is 4.29. The molecule has 3 aromatic rings. The summed E-state index contributed by atoms with van der Waals surface area (Å²) < 4.78 is 16.2. The molecule has 31 heavy (non-hydrogen) atoms. The van der Waals surface area contributed by atoms with Crippen molar-refractivity contribution in [2.24, 2.45) is 7.05 Å². The average Bonchev–Trinajstić information content (AvgIpc) is 3.32. The Morgan fingerprint density at radius 1 is 1.35 bits per heavy atom. The Morgan fingerprint density at radius 3 is 2.84 bits per heavy atom. The molecule has 0 spiro atoms. The molecule has 2 aromatic heterocycles. The molecule has 7 heteroatoms. The van der Waals surface area contributed by atoms with E-state index in [9.17, 15) is 4.39 Å². The zero-order chi connectivity index (χ0) is 22.3. The van der Waals surface area contributed by atoms with Crippen molar-refractivity contribution < 1.29 is 4.39 Å². The van der Waals surface area contributed by atoms with E-state index in [4.69, 9.17) is 4.98 Å². The van der Waals surface area contributed by atoms with Crippen LogP contribution in [0.5, 0.6) is 0 Å². The van der Waals surface area contributed by atoms with Crippen LogP contribution in [0.15, 0.2) is 24.9 Å². The second kappa shape index (κ2) is 8.55. The highest BCUT2D eigenvalue weighted by molar-refractivity contribution is 7.16. The lowest BCUT2D eigenvalue weighted by Gasteiger charge is -2.39. The number of aromatic nitrogens is 3. The molecule has 1 fully saturated rings.